The van der Waals surface area contributed by atoms with Crippen LogP contribution in [-0.2, 0) is 9.47 Å². The van der Waals surface area contributed by atoms with E-state index in [-0.39, 0.29) is 5.60 Å². The minimum Gasteiger partial charge on any atom is -0.375 e. The lowest BCUT2D eigenvalue weighted by Crippen LogP contribution is -2.55. The van der Waals surface area contributed by atoms with Gasteiger partial charge < -0.3 is 9.47 Å². The van der Waals surface area contributed by atoms with E-state index in [1.54, 1.807) is 0 Å². The minimum atomic E-state index is -0.0620. The van der Waals surface area contributed by atoms with Gasteiger partial charge in [-0.2, -0.15) is 0 Å². The Morgan fingerprint density at radius 2 is 1.76 bits per heavy atom. The van der Waals surface area contributed by atoms with Gasteiger partial charge in [0, 0.05) is 10.2 Å². The van der Waals surface area contributed by atoms with Crippen LogP contribution in [0.3, 0.4) is 0 Å². The molecule has 2 nitrogen and oxygen atoms in total. The second-order valence-corrected chi connectivity index (χ2v) is 7.07. The van der Waals surface area contributed by atoms with Gasteiger partial charge in [0.25, 0.3) is 0 Å². The number of ether oxygens (including phenoxy) is 2. The highest BCUT2D eigenvalue weighted by Gasteiger charge is 2.52. The molecule has 0 aromatic heterocycles. The summed E-state index contributed by atoms with van der Waals surface area (Å²) in [4.78, 5) is 0.624. The first-order chi connectivity index (χ1) is 7.85. The number of rotatable bonds is 6. The Morgan fingerprint density at radius 3 is 2.18 bits per heavy atom. The Bertz CT molecular complexity index is 231. The van der Waals surface area contributed by atoms with Crippen molar-refractivity contribution in [3.63, 3.8) is 0 Å². The van der Waals surface area contributed by atoms with E-state index in [2.05, 4.69) is 50.5 Å². The molecular formula is C14H27BrO2. The normalized spacial score (nSPS) is 27.9. The molecule has 1 aliphatic carbocycles. The molecule has 102 valence electrons. The fourth-order valence-electron chi connectivity index (χ4n) is 2.62. The third kappa shape index (κ3) is 3.68. The van der Waals surface area contributed by atoms with E-state index >= 15 is 0 Å². The molecule has 3 heteroatoms. The van der Waals surface area contributed by atoms with Gasteiger partial charge in [-0.05, 0) is 40.0 Å². The average molecular weight is 307 g/mol. The summed E-state index contributed by atoms with van der Waals surface area (Å²) in [6.07, 6.45) is 3.91. The van der Waals surface area contributed by atoms with E-state index in [1.165, 1.54) is 12.8 Å². The van der Waals surface area contributed by atoms with Gasteiger partial charge in [0.05, 0.1) is 24.9 Å². The van der Waals surface area contributed by atoms with Crippen LogP contribution < -0.4 is 0 Å². The summed E-state index contributed by atoms with van der Waals surface area (Å²) >= 11 is 3.77. The largest absolute Gasteiger partial charge is 0.375 e. The van der Waals surface area contributed by atoms with Crippen molar-refractivity contribution < 1.29 is 9.47 Å². The summed E-state index contributed by atoms with van der Waals surface area (Å²) in [5, 5.41) is 0. The van der Waals surface area contributed by atoms with E-state index in [4.69, 9.17) is 9.47 Å². The van der Waals surface area contributed by atoms with Crippen LogP contribution in [0.2, 0.25) is 0 Å². The SMILES string of the molecule is CCC1(CC)C(Br)CC1OCCOC(C)(C)C. The van der Waals surface area contributed by atoms with Gasteiger partial charge in [0.15, 0.2) is 0 Å². The highest BCUT2D eigenvalue weighted by atomic mass is 79.9. The van der Waals surface area contributed by atoms with Gasteiger partial charge in [0.1, 0.15) is 0 Å². The molecule has 0 radical (unpaired) electrons. The molecule has 0 N–H and O–H groups in total. The van der Waals surface area contributed by atoms with Crippen LogP contribution in [0.25, 0.3) is 0 Å². The van der Waals surface area contributed by atoms with Crippen molar-refractivity contribution >= 4 is 15.9 Å². The average Bonchev–Trinajstić information content (AvgIpc) is 2.23. The van der Waals surface area contributed by atoms with Crippen LogP contribution >= 0.6 is 15.9 Å². The Kier molecular flexibility index (Phi) is 5.48. The zero-order valence-electron chi connectivity index (χ0n) is 11.9. The zero-order valence-corrected chi connectivity index (χ0v) is 13.5. The van der Waals surface area contributed by atoms with E-state index in [9.17, 15) is 0 Å². The van der Waals surface area contributed by atoms with Gasteiger partial charge in [-0.15, -0.1) is 0 Å². The third-order valence-corrected chi connectivity index (χ3v) is 5.23. The van der Waals surface area contributed by atoms with Crippen molar-refractivity contribution in [3.05, 3.63) is 0 Å². The minimum absolute atomic E-state index is 0.0620. The predicted octanol–water partition coefficient (Wildman–Crippen LogP) is 4.16. The quantitative estimate of drug-likeness (QED) is 0.542. The summed E-state index contributed by atoms with van der Waals surface area (Å²) in [5.74, 6) is 0. The molecular weight excluding hydrogens is 280 g/mol. The van der Waals surface area contributed by atoms with Crippen LogP contribution in [0.15, 0.2) is 0 Å². The smallest absolute Gasteiger partial charge is 0.0707 e. The summed E-state index contributed by atoms with van der Waals surface area (Å²) < 4.78 is 11.7. The van der Waals surface area contributed by atoms with E-state index in [0.717, 1.165) is 6.42 Å². The second kappa shape index (κ2) is 6.03. The Balaban J connectivity index is 2.29. The summed E-state index contributed by atoms with van der Waals surface area (Å²) in [6.45, 7) is 12.2. The van der Waals surface area contributed by atoms with Crippen LogP contribution in [0.1, 0.15) is 53.9 Å². The molecule has 0 aliphatic heterocycles. The molecule has 2 unspecified atom stereocenters. The van der Waals surface area contributed by atoms with E-state index in [0.29, 0.717) is 29.6 Å². The molecule has 0 aromatic rings. The molecule has 0 amide bonds. The maximum atomic E-state index is 5.99. The van der Waals surface area contributed by atoms with Crippen LogP contribution in [0.4, 0.5) is 0 Å². The fourth-order valence-corrected chi connectivity index (χ4v) is 3.90. The van der Waals surface area contributed by atoms with Gasteiger partial charge >= 0.3 is 0 Å². The lowest BCUT2D eigenvalue weighted by Gasteiger charge is -2.53. The number of hydrogen-bond acceptors (Lipinski definition) is 2. The van der Waals surface area contributed by atoms with Gasteiger partial charge in [-0.3, -0.25) is 0 Å². The van der Waals surface area contributed by atoms with E-state index in [1.807, 2.05) is 0 Å². The maximum Gasteiger partial charge on any atom is 0.0707 e. The van der Waals surface area contributed by atoms with Gasteiger partial charge in [-0.1, -0.05) is 29.8 Å². The molecule has 2 atom stereocenters. The molecule has 1 fully saturated rings. The molecule has 17 heavy (non-hydrogen) atoms. The Morgan fingerprint density at radius 1 is 1.18 bits per heavy atom. The first-order valence-corrected chi connectivity index (χ1v) is 7.67. The molecule has 1 rings (SSSR count). The summed E-state index contributed by atoms with van der Waals surface area (Å²) in [5.41, 5.74) is 0.287. The zero-order chi connectivity index (χ0) is 13.1. The van der Waals surface area contributed by atoms with Crippen LogP contribution in [-0.4, -0.2) is 29.7 Å². The topological polar surface area (TPSA) is 18.5 Å². The molecule has 0 spiro atoms. The van der Waals surface area contributed by atoms with Crippen LogP contribution in [0.5, 0.6) is 0 Å². The van der Waals surface area contributed by atoms with Crippen LogP contribution in [0, 0.1) is 5.41 Å². The van der Waals surface area contributed by atoms with Gasteiger partial charge in [0.2, 0.25) is 0 Å². The molecule has 0 aromatic carbocycles. The molecule has 0 heterocycles. The number of alkyl halides is 1. The Hall–Kier alpha value is 0.400. The lowest BCUT2D eigenvalue weighted by atomic mass is 9.62. The fraction of sp³-hybridized carbons (Fsp3) is 1.00. The van der Waals surface area contributed by atoms with Crippen molar-refractivity contribution in [1.82, 2.24) is 0 Å². The molecule has 0 bridgehead atoms. The summed E-state index contributed by atoms with van der Waals surface area (Å²) in [6, 6.07) is 0. The van der Waals surface area contributed by atoms with Crippen molar-refractivity contribution in [1.29, 1.82) is 0 Å². The highest BCUT2D eigenvalue weighted by molar-refractivity contribution is 9.09. The highest BCUT2D eigenvalue weighted by Crippen LogP contribution is 2.52. The second-order valence-electron chi connectivity index (χ2n) is 5.96. The standard InChI is InChI=1S/C14H27BrO2/c1-6-14(7-2)11(15)10-12(14)16-8-9-17-13(3,4)5/h11-12H,6-10H2,1-5H3. The predicted molar refractivity (Wildman–Crippen MR) is 75.8 cm³/mol. The third-order valence-electron chi connectivity index (χ3n) is 3.94. The van der Waals surface area contributed by atoms with Gasteiger partial charge in [-0.25, -0.2) is 0 Å². The Labute approximate surface area is 115 Å². The first kappa shape index (κ1) is 15.5. The van der Waals surface area contributed by atoms with Crippen molar-refractivity contribution in [3.8, 4) is 0 Å². The maximum absolute atomic E-state index is 5.99. The molecule has 0 saturated heterocycles. The lowest BCUT2D eigenvalue weighted by molar-refractivity contribution is -0.129. The monoisotopic (exact) mass is 306 g/mol. The number of hydrogen-bond donors (Lipinski definition) is 0. The van der Waals surface area contributed by atoms with Crippen molar-refractivity contribution in [2.24, 2.45) is 5.41 Å². The number of halogens is 1. The van der Waals surface area contributed by atoms with E-state index < -0.39 is 0 Å². The molecule has 1 saturated carbocycles. The first-order valence-electron chi connectivity index (χ1n) is 6.75. The van der Waals surface area contributed by atoms with Crippen molar-refractivity contribution in [2.75, 3.05) is 13.2 Å². The molecule has 1 aliphatic rings. The van der Waals surface area contributed by atoms with Crippen molar-refractivity contribution in [2.45, 2.75) is 70.4 Å². The summed E-state index contributed by atoms with van der Waals surface area (Å²) in [7, 11) is 0.